The van der Waals surface area contributed by atoms with Gasteiger partial charge < -0.3 is 10.1 Å². The predicted octanol–water partition coefficient (Wildman–Crippen LogP) is 4.59. The molecule has 180 valence electrons. The van der Waals surface area contributed by atoms with E-state index in [9.17, 15) is 14.4 Å². The number of methoxy groups -OCH3 is 1. The van der Waals surface area contributed by atoms with Crippen LogP contribution in [-0.2, 0) is 16.1 Å². The second-order valence-electron chi connectivity index (χ2n) is 8.54. The summed E-state index contributed by atoms with van der Waals surface area (Å²) in [6, 6.07) is 14.6. The molecule has 0 fully saturated rings. The van der Waals surface area contributed by atoms with Crippen molar-refractivity contribution in [3.8, 4) is 0 Å². The Kier molecular flexibility index (Phi) is 8.87. The largest absolute Gasteiger partial charge is 0.465 e. The van der Waals surface area contributed by atoms with Gasteiger partial charge in [-0.05, 0) is 36.1 Å². The molecule has 1 aromatic heterocycles. The number of nitrogens with one attached hydrogen (secondary N) is 1. The van der Waals surface area contributed by atoms with E-state index >= 15 is 0 Å². The molecular weight excluding hydrogens is 450 g/mol. The molecule has 0 aliphatic rings. The highest BCUT2D eigenvalue weighted by molar-refractivity contribution is 7.99. The Balaban J connectivity index is 1.87. The molecule has 0 saturated carbocycles. The second kappa shape index (κ2) is 11.8. The molecule has 3 aromatic rings. The number of esters is 1. The van der Waals surface area contributed by atoms with Gasteiger partial charge in [0.2, 0.25) is 5.91 Å². The summed E-state index contributed by atoms with van der Waals surface area (Å²) in [5.41, 5.74) is 1.61. The number of nitrogens with zero attached hydrogens (tertiary/aromatic N) is 2. The number of aromatic nitrogens is 2. The van der Waals surface area contributed by atoms with Crippen LogP contribution >= 0.6 is 11.8 Å². The van der Waals surface area contributed by atoms with Gasteiger partial charge in [-0.3, -0.25) is 14.2 Å². The highest BCUT2D eigenvalue weighted by Gasteiger charge is 2.18. The molecule has 0 radical (unpaired) electrons. The maximum Gasteiger partial charge on any atom is 0.337 e. The normalized spacial score (nSPS) is 12.0. The summed E-state index contributed by atoms with van der Waals surface area (Å²) in [4.78, 5) is 42.6. The average molecular weight is 482 g/mol. The Labute approximate surface area is 203 Å². The third-order valence-corrected chi connectivity index (χ3v) is 6.31. The topological polar surface area (TPSA) is 90.3 Å². The lowest BCUT2D eigenvalue weighted by Crippen LogP contribution is -2.31. The molecule has 1 amide bonds. The van der Waals surface area contributed by atoms with Crippen molar-refractivity contribution in [3.63, 3.8) is 0 Å². The zero-order chi connectivity index (χ0) is 24.7. The molecule has 0 spiro atoms. The lowest BCUT2D eigenvalue weighted by molar-refractivity contribution is -0.119. The first-order chi connectivity index (χ1) is 16.3. The van der Waals surface area contributed by atoms with Crippen molar-refractivity contribution in [1.82, 2.24) is 14.9 Å². The minimum Gasteiger partial charge on any atom is -0.465 e. The quantitative estimate of drug-likeness (QED) is 0.259. The highest BCUT2D eigenvalue weighted by atomic mass is 32.2. The van der Waals surface area contributed by atoms with Crippen molar-refractivity contribution >= 4 is 34.5 Å². The SMILES string of the molecule is CCC[C@H](NC(=O)CSc1nc2cc(C(=O)OC)ccc2c(=O)n1CC(C)C)c1ccccc1. The van der Waals surface area contributed by atoms with Gasteiger partial charge >= 0.3 is 5.97 Å². The third kappa shape index (κ3) is 6.26. The first-order valence-electron chi connectivity index (χ1n) is 11.4. The molecule has 7 nitrogen and oxygen atoms in total. The van der Waals surface area contributed by atoms with Crippen LogP contribution in [0.5, 0.6) is 0 Å². The van der Waals surface area contributed by atoms with Crippen LogP contribution in [0.4, 0.5) is 0 Å². The van der Waals surface area contributed by atoms with Gasteiger partial charge in [-0.15, -0.1) is 0 Å². The molecule has 0 unspecified atom stereocenters. The number of fused-ring (bicyclic) bond motifs is 1. The maximum atomic E-state index is 13.2. The van der Waals surface area contributed by atoms with E-state index < -0.39 is 5.97 Å². The second-order valence-corrected chi connectivity index (χ2v) is 9.48. The molecule has 1 atom stereocenters. The van der Waals surface area contributed by atoms with Crippen molar-refractivity contribution in [2.45, 2.75) is 51.4 Å². The van der Waals surface area contributed by atoms with E-state index in [4.69, 9.17) is 4.74 Å². The Morgan fingerprint density at radius 1 is 1.15 bits per heavy atom. The van der Waals surface area contributed by atoms with E-state index in [-0.39, 0.29) is 29.2 Å². The van der Waals surface area contributed by atoms with Crippen LogP contribution in [0.3, 0.4) is 0 Å². The van der Waals surface area contributed by atoms with Crippen LogP contribution in [-0.4, -0.2) is 34.3 Å². The van der Waals surface area contributed by atoms with Gasteiger partial charge in [0.1, 0.15) is 0 Å². The van der Waals surface area contributed by atoms with Crippen molar-refractivity contribution < 1.29 is 14.3 Å². The number of ether oxygens (including phenoxy) is 1. The summed E-state index contributed by atoms with van der Waals surface area (Å²) in [5.74, 6) is -0.279. The molecule has 1 N–H and O–H groups in total. The molecule has 34 heavy (non-hydrogen) atoms. The van der Waals surface area contributed by atoms with Gasteiger partial charge in [-0.25, -0.2) is 9.78 Å². The molecule has 8 heteroatoms. The van der Waals surface area contributed by atoms with Gasteiger partial charge in [0.15, 0.2) is 5.16 Å². The first-order valence-corrected chi connectivity index (χ1v) is 12.4. The van der Waals surface area contributed by atoms with Crippen LogP contribution in [0.15, 0.2) is 58.5 Å². The van der Waals surface area contributed by atoms with Crippen molar-refractivity contribution in [1.29, 1.82) is 0 Å². The first kappa shape index (κ1) is 25.5. The average Bonchev–Trinajstić information content (AvgIpc) is 2.84. The zero-order valence-corrected chi connectivity index (χ0v) is 20.9. The number of rotatable bonds is 10. The van der Waals surface area contributed by atoms with Crippen molar-refractivity contribution in [2.24, 2.45) is 5.92 Å². The summed E-state index contributed by atoms with van der Waals surface area (Å²) >= 11 is 1.23. The smallest absolute Gasteiger partial charge is 0.337 e. The minimum atomic E-state index is -0.494. The number of hydrogen-bond donors (Lipinski definition) is 1. The molecule has 3 rings (SSSR count). The summed E-state index contributed by atoms with van der Waals surface area (Å²) in [6.45, 7) is 6.61. The fourth-order valence-corrected chi connectivity index (χ4v) is 4.56. The van der Waals surface area contributed by atoms with Gasteiger partial charge in [-0.2, -0.15) is 0 Å². The number of hydrogen-bond acceptors (Lipinski definition) is 6. The van der Waals surface area contributed by atoms with Gasteiger partial charge in [-0.1, -0.05) is 69.3 Å². The minimum absolute atomic E-state index is 0.0654. The predicted molar refractivity (Wildman–Crippen MR) is 135 cm³/mol. The molecular formula is C26H31N3O4S. The summed E-state index contributed by atoms with van der Waals surface area (Å²) in [5, 5.41) is 3.99. The maximum absolute atomic E-state index is 13.2. The fourth-order valence-electron chi connectivity index (χ4n) is 3.74. The number of benzene rings is 2. The van der Waals surface area contributed by atoms with Crippen molar-refractivity contribution in [3.05, 3.63) is 70.0 Å². The lowest BCUT2D eigenvalue weighted by Gasteiger charge is -2.19. The molecule has 0 aliphatic heterocycles. The molecule has 0 aliphatic carbocycles. The Hall–Kier alpha value is -3.13. The number of carbonyl (C=O) groups excluding carboxylic acids is 2. The Morgan fingerprint density at radius 2 is 1.88 bits per heavy atom. The van der Waals surface area contributed by atoms with E-state index in [0.717, 1.165) is 18.4 Å². The monoisotopic (exact) mass is 481 g/mol. The summed E-state index contributed by atoms with van der Waals surface area (Å²) < 4.78 is 6.40. The van der Waals surface area contributed by atoms with Crippen LogP contribution in [0.25, 0.3) is 10.9 Å². The number of thioether (sulfide) groups is 1. The number of amides is 1. The van der Waals surface area contributed by atoms with Crippen LogP contribution in [0.1, 0.15) is 55.6 Å². The molecule has 0 bridgehead atoms. The van der Waals surface area contributed by atoms with E-state index in [1.165, 1.54) is 18.9 Å². The lowest BCUT2D eigenvalue weighted by atomic mass is 10.0. The van der Waals surface area contributed by atoms with Crippen LogP contribution < -0.4 is 10.9 Å². The van der Waals surface area contributed by atoms with Gasteiger partial charge in [0.05, 0.1) is 35.4 Å². The van der Waals surface area contributed by atoms with Gasteiger partial charge in [0, 0.05) is 6.54 Å². The molecule has 1 heterocycles. The van der Waals surface area contributed by atoms with E-state index in [2.05, 4.69) is 17.2 Å². The Morgan fingerprint density at radius 3 is 2.53 bits per heavy atom. The van der Waals surface area contributed by atoms with Gasteiger partial charge in [0.25, 0.3) is 5.56 Å². The summed E-state index contributed by atoms with van der Waals surface area (Å²) in [7, 11) is 1.31. The molecule has 2 aromatic carbocycles. The standard InChI is InChI=1S/C26H31N3O4S/c1-5-9-21(18-10-7-6-8-11-18)27-23(30)16-34-26-28-22-14-19(25(32)33-4)12-13-20(22)24(31)29(26)15-17(2)3/h6-8,10-14,17,21H,5,9,15-16H2,1-4H3,(H,27,30)/t21-/m0/s1. The van der Waals surface area contributed by atoms with Crippen LogP contribution in [0.2, 0.25) is 0 Å². The van der Waals surface area contributed by atoms with E-state index in [0.29, 0.717) is 28.2 Å². The summed E-state index contributed by atoms with van der Waals surface area (Å²) in [6.07, 6.45) is 1.78. The highest BCUT2D eigenvalue weighted by Crippen LogP contribution is 2.22. The van der Waals surface area contributed by atoms with Crippen LogP contribution in [0, 0.1) is 5.92 Å². The Bertz CT molecular complexity index is 1210. The van der Waals surface area contributed by atoms with E-state index in [1.807, 2.05) is 44.2 Å². The zero-order valence-electron chi connectivity index (χ0n) is 20.0. The number of carbonyl (C=O) groups is 2. The van der Waals surface area contributed by atoms with Crippen molar-refractivity contribution in [2.75, 3.05) is 12.9 Å². The third-order valence-electron chi connectivity index (χ3n) is 5.34. The molecule has 0 saturated heterocycles. The fraction of sp³-hybridized carbons (Fsp3) is 0.385. The van der Waals surface area contributed by atoms with E-state index in [1.54, 1.807) is 22.8 Å².